The largest absolute Gasteiger partial charge is 0.380 e. The Morgan fingerprint density at radius 2 is 0.698 bits per heavy atom. The summed E-state index contributed by atoms with van der Waals surface area (Å²) >= 11 is 5.67. The predicted octanol–water partition coefficient (Wildman–Crippen LogP) is 13.4. The van der Waals surface area contributed by atoms with Crippen molar-refractivity contribution in [3.05, 3.63) is 91.3 Å². The maximum absolute atomic E-state index is 16.5. The molecule has 0 amide bonds. The minimum Gasteiger partial charge on any atom is -0.294 e. The molecule has 53 heavy (non-hydrogen) atoms. The smallest absolute Gasteiger partial charge is 0.294 e. The van der Waals surface area contributed by atoms with E-state index in [1.54, 1.807) is 12.1 Å². The third kappa shape index (κ3) is 6.07. The van der Waals surface area contributed by atoms with Crippen molar-refractivity contribution in [2.24, 2.45) is 0 Å². The summed E-state index contributed by atoms with van der Waals surface area (Å²) in [6, 6.07) is 14.3. The zero-order chi connectivity index (χ0) is 38.4. The molecule has 0 saturated heterocycles. The second-order valence-corrected chi connectivity index (χ2v) is 18.5. The van der Waals surface area contributed by atoms with Crippen LogP contribution in [-0.2, 0) is 0 Å². The van der Waals surface area contributed by atoms with E-state index in [9.17, 15) is 19.2 Å². The number of rotatable bonds is 10. The number of halogens is 6. The lowest BCUT2D eigenvalue weighted by Crippen LogP contribution is -2.48. The number of hydrogen-bond donors (Lipinski definition) is 0. The van der Waals surface area contributed by atoms with Crippen molar-refractivity contribution in [1.29, 1.82) is 0 Å². The number of carbonyl (C=O) groups is 4. The molecule has 272 valence electrons. The van der Waals surface area contributed by atoms with Gasteiger partial charge in [0.2, 0.25) is 0 Å². The van der Waals surface area contributed by atoms with Gasteiger partial charge >= 0.3 is 17.8 Å². The van der Waals surface area contributed by atoms with Crippen LogP contribution in [0.1, 0.15) is 77.5 Å². The summed E-state index contributed by atoms with van der Waals surface area (Å²) in [7, 11) is 0. The Bertz CT molecular complexity index is 2360. The van der Waals surface area contributed by atoms with Crippen molar-refractivity contribution >= 4 is 102 Å². The molecule has 7 rings (SSSR count). The van der Waals surface area contributed by atoms with E-state index in [-0.39, 0.29) is 62.2 Å². The highest BCUT2D eigenvalue weighted by molar-refractivity contribution is 7.28. The zero-order valence-electron chi connectivity index (χ0n) is 27.6. The molecule has 6 aromatic rings. The summed E-state index contributed by atoms with van der Waals surface area (Å²) in [5, 5.41) is 0. The van der Waals surface area contributed by atoms with Gasteiger partial charge in [0.25, 0.3) is 0 Å². The lowest BCUT2D eigenvalue weighted by molar-refractivity contribution is -0.254. The average molecular weight is 837 g/mol. The Morgan fingerprint density at radius 3 is 0.981 bits per heavy atom. The first-order chi connectivity index (χ1) is 24.8. The van der Waals surface area contributed by atoms with E-state index in [4.69, 9.17) is 0 Å². The molecule has 16 heteroatoms. The first-order valence-corrected chi connectivity index (χ1v) is 20.3. The molecule has 0 atom stereocenters. The molecule has 0 aromatic carbocycles. The summed E-state index contributed by atoms with van der Waals surface area (Å²) in [4.78, 5) is 51.5. The van der Waals surface area contributed by atoms with E-state index < -0.39 is 40.0 Å². The van der Waals surface area contributed by atoms with Gasteiger partial charge < -0.3 is 0 Å². The number of hydrogen-bond acceptors (Lipinski definition) is 10. The van der Waals surface area contributed by atoms with Gasteiger partial charge in [-0.15, -0.1) is 68.0 Å². The molecular weight excluding hydrogens is 815 g/mol. The second-order valence-electron chi connectivity index (χ2n) is 12.1. The van der Waals surface area contributed by atoms with E-state index in [1.807, 2.05) is 0 Å². The molecule has 1 aliphatic carbocycles. The highest BCUT2D eigenvalue weighted by atomic mass is 32.1. The van der Waals surface area contributed by atoms with Crippen molar-refractivity contribution in [3.8, 4) is 39.0 Å². The third-order valence-corrected chi connectivity index (χ3v) is 16.2. The number of allylic oxidation sites excluding steroid dienone is 2. The van der Waals surface area contributed by atoms with E-state index >= 15 is 26.3 Å². The SMILES string of the molecule is CC(=O)c1ccc(-c2cc(C3=C(c4cc(-c5ccc(C(C)=O)s5)sc4-c4ccc(C(C)=O)s4)C(F)(F)C(F)(F)C3(F)F)c(-c3ccc(C(C)=O)s3)s2)s1. The van der Waals surface area contributed by atoms with Gasteiger partial charge in [0, 0.05) is 51.5 Å². The molecule has 4 nitrogen and oxygen atoms in total. The molecule has 0 N–H and O–H groups in total. The predicted molar refractivity (Wildman–Crippen MR) is 204 cm³/mol. The first-order valence-electron chi connectivity index (χ1n) is 15.4. The molecule has 0 unspecified atom stereocenters. The van der Waals surface area contributed by atoms with Gasteiger partial charge in [-0.3, -0.25) is 19.2 Å². The average Bonchev–Trinajstić information content (AvgIpc) is 3.92. The van der Waals surface area contributed by atoms with Crippen LogP contribution in [0.3, 0.4) is 0 Å². The van der Waals surface area contributed by atoms with Crippen LogP contribution in [-0.4, -0.2) is 40.9 Å². The van der Waals surface area contributed by atoms with Crippen LogP contribution in [0.4, 0.5) is 26.3 Å². The van der Waals surface area contributed by atoms with Crippen LogP contribution in [0.5, 0.6) is 0 Å². The van der Waals surface area contributed by atoms with Crippen molar-refractivity contribution < 1.29 is 45.5 Å². The van der Waals surface area contributed by atoms with Gasteiger partial charge in [-0.2, -0.15) is 26.3 Å². The van der Waals surface area contributed by atoms with Crippen LogP contribution in [0.15, 0.2) is 60.7 Å². The van der Waals surface area contributed by atoms with Crippen LogP contribution < -0.4 is 0 Å². The normalized spacial score (nSPS) is 16.0. The summed E-state index contributed by atoms with van der Waals surface area (Å²) in [6.45, 7) is 5.27. The number of alkyl halides is 6. The Hall–Kier alpha value is -3.80. The summed E-state index contributed by atoms with van der Waals surface area (Å²) in [6.07, 6.45) is 0. The van der Waals surface area contributed by atoms with Crippen LogP contribution in [0, 0.1) is 0 Å². The molecule has 0 spiro atoms. The molecule has 0 radical (unpaired) electrons. The Labute approximate surface area is 321 Å². The fourth-order valence-electron chi connectivity index (χ4n) is 5.81. The van der Waals surface area contributed by atoms with Gasteiger partial charge in [0.15, 0.2) is 23.1 Å². The van der Waals surface area contributed by atoms with E-state index in [2.05, 4.69) is 0 Å². The molecule has 0 bridgehead atoms. The zero-order valence-corrected chi connectivity index (χ0v) is 32.5. The van der Waals surface area contributed by atoms with Crippen LogP contribution in [0.2, 0.25) is 0 Å². The third-order valence-electron chi connectivity index (χ3n) is 8.41. The molecule has 0 saturated carbocycles. The Balaban J connectivity index is 1.57. The minimum atomic E-state index is -5.88. The maximum Gasteiger partial charge on any atom is 0.380 e. The van der Waals surface area contributed by atoms with Crippen LogP contribution in [0.25, 0.3) is 50.2 Å². The minimum absolute atomic E-state index is 0.0349. The molecule has 6 aromatic heterocycles. The summed E-state index contributed by atoms with van der Waals surface area (Å²) in [5.41, 5.74) is -4.28. The molecule has 0 aliphatic heterocycles. The van der Waals surface area contributed by atoms with Crippen molar-refractivity contribution in [3.63, 3.8) is 0 Å². The van der Waals surface area contributed by atoms with E-state index in [0.717, 1.165) is 80.2 Å². The number of Topliss-reactive ketones (excluding diaryl/α,β-unsaturated/α-hetero) is 4. The van der Waals surface area contributed by atoms with E-state index in [0.29, 0.717) is 19.5 Å². The van der Waals surface area contributed by atoms with Crippen LogP contribution >= 0.6 is 68.0 Å². The lowest BCUT2D eigenvalue weighted by atomic mass is 9.94. The molecule has 1 aliphatic rings. The summed E-state index contributed by atoms with van der Waals surface area (Å²) in [5.74, 6) is -17.9. The van der Waals surface area contributed by atoms with Gasteiger partial charge in [0.1, 0.15) is 0 Å². The number of carbonyl (C=O) groups excluding carboxylic acids is 4. The maximum atomic E-state index is 16.5. The summed E-state index contributed by atoms with van der Waals surface area (Å²) < 4.78 is 97.5. The monoisotopic (exact) mass is 836 g/mol. The highest BCUT2D eigenvalue weighted by Crippen LogP contribution is 2.67. The number of thiophene rings is 6. The number of ketones is 4. The van der Waals surface area contributed by atoms with Crippen molar-refractivity contribution in [2.75, 3.05) is 0 Å². The van der Waals surface area contributed by atoms with Gasteiger partial charge in [-0.25, -0.2) is 0 Å². The lowest BCUT2D eigenvalue weighted by Gasteiger charge is -2.25. The Morgan fingerprint density at radius 1 is 0.415 bits per heavy atom. The van der Waals surface area contributed by atoms with E-state index in [1.165, 1.54) is 64.1 Å². The topological polar surface area (TPSA) is 68.3 Å². The molecule has 0 fully saturated rings. The second kappa shape index (κ2) is 13.2. The molecule has 6 heterocycles. The van der Waals surface area contributed by atoms with Gasteiger partial charge in [-0.1, -0.05) is 0 Å². The first kappa shape index (κ1) is 37.5. The van der Waals surface area contributed by atoms with Gasteiger partial charge in [0.05, 0.1) is 29.3 Å². The van der Waals surface area contributed by atoms with Gasteiger partial charge in [-0.05, 0) is 88.4 Å². The van der Waals surface area contributed by atoms with Crippen molar-refractivity contribution in [1.82, 2.24) is 0 Å². The fourth-order valence-corrected chi connectivity index (χ4v) is 12.2. The fraction of sp³-hybridized carbons (Fsp3) is 0.189. The standard InChI is InChI=1S/C37H22F6O4S6/c1-15(44)21-5-9-25(48-21)29-13-19(33(52-29)27-11-7-23(50-27)17(3)46)31-32(36(40,41)37(42,43)35(31,38)39)20-14-30(26-10-6-22(49-26)16(2)45)53-34(20)28-12-8-24(51-28)18(4)47/h5-14H,1-4H3. The molecular formula is C37H22F6O4S6. The highest BCUT2D eigenvalue weighted by Gasteiger charge is 2.80. The quantitative estimate of drug-likeness (QED) is 0.102. The Kier molecular flexibility index (Phi) is 9.34. The van der Waals surface area contributed by atoms with Crippen molar-refractivity contribution in [2.45, 2.75) is 45.5 Å².